The normalized spacial score (nSPS) is 11.6. The van der Waals surface area contributed by atoms with Gasteiger partial charge in [0, 0.05) is 18.3 Å². The van der Waals surface area contributed by atoms with E-state index in [9.17, 15) is 0 Å². The largest absolute Gasteiger partial charge is 0.352 e. The van der Waals surface area contributed by atoms with Gasteiger partial charge in [0.1, 0.15) is 5.82 Å². The molecule has 16 heavy (non-hydrogen) atoms. The minimum absolute atomic E-state index is 0.135. The maximum absolute atomic E-state index is 4.49. The van der Waals surface area contributed by atoms with Gasteiger partial charge in [-0.15, -0.1) is 0 Å². The molecule has 2 heteroatoms. The number of hydrogen-bond acceptors (Lipinski definition) is 2. The zero-order valence-corrected chi connectivity index (χ0v) is 11.2. The van der Waals surface area contributed by atoms with Gasteiger partial charge in [-0.1, -0.05) is 13.3 Å². The fourth-order valence-corrected chi connectivity index (χ4v) is 1.78. The Morgan fingerprint density at radius 1 is 1.31 bits per heavy atom. The maximum atomic E-state index is 4.49. The molecule has 0 unspecified atom stereocenters. The third kappa shape index (κ3) is 3.51. The summed E-state index contributed by atoms with van der Waals surface area (Å²) < 4.78 is 0. The second-order valence-electron chi connectivity index (χ2n) is 5.37. The van der Waals surface area contributed by atoms with Crippen molar-refractivity contribution in [3.63, 3.8) is 0 Å². The van der Waals surface area contributed by atoms with E-state index in [1.165, 1.54) is 18.4 Å². The number of aromatic nitrogens is 1. The number of rotatable bonds is 4. The van der Waals surface area contributed by atoms with E-state index in [1.54, 1.807) is 0 Å². The molecule has 1 rings (SSSR count). The molecule has 90 valence electrons. The number of nitrogens with zero attached hydrogens (tertiary/aromatic N) is 2. The van der Waals surface area contributed by atoms with Gasteiger partial charge in [-0.2, -0.15) is 0 Å². The highest BCUT2D eigenvalue weighted by Crippen LogP contribution is 2.22. The summed E-state index contributed by atoms with van der Waals surface area (Å²) in [7, 11) is 0. The fourth-order valence-electron chi connectivity index (χ4n) is 1.78. The van der Waals surface area contributed by atoms with Crippen molar-refractivity contribution in [2.45, 2.75) is 53.0 Å². The van der Waals surface area contributed by atoms with Gasteiger partial charge < -0.3 is 4.90 Å². The second-order valence-corrected chi connectivity index (χ2v) is 5.37. The zero-order valence-electron chi connectivity index (χ0n) is 11.2. The number of hydrogen-bond donors (Lipinski definition) is 0. The molecule has 0 amide bonds. The Kier molecular flexibility index (Phi) is 4.34. The van der Waals surface area contributed by atoms with Gasteiger partial charge in [0.05, 0.1) is 0 Å². The third-order valence-corrected chi connectivity index (χ3v) is 2.72. The molecule has 0 fully saturated rings. The van der Waals surface area contributed by atoms with E-state index in [4.69, 9.17) is 0 Å². The van der Waals surface area contributed by atoms with Gasteiger partial charge in [-0.3, -0.25) is 0 Å². The fraction of sp³-hybridized carbons (Fsp3) is 0.643. The maximum Gasteiger partial charge on any atom is 0.129 e. The monoisotopic (exact) mass is 220 g/mol. The van der Waals surface area contributed by atoms with Crippen LogP contribution in [0.5, 0.6) is 0 Å². The van der Waals surface area contributed by atoms with E-state index in [0.717, 1.165) is 12.4 Å². The first-order valence-electron chi connectivity index (χ1n) is 6.15. The molecule has 0 N–H and O–H groups in total. The SMILES string of the molecule is CCCCN(c1cc(C)ccn1)C(C)(C)C. The first-order chi connectivity index (χ1) is 7.45. The van der Waals surface area contributed by atoms with E-state index in [-0.39, 0.29) is 5.54 Å². The number of unbranched alkanes of at least 4 members (excludes halogenated alkanes) is 1. The molecule has 2 nitrogen and oxygen atoms in total. The Labute approximate surface area is 99.7 Å². The molecule has 1 aromatic heterocycles. The van der Waals surface area contributed by atoms with Crippen LogP contribution in [0.25, 0.3) is 0 Å². The van der Waals surface area contributed by atoms with Crippen LogP contribution in [0.3, 0.4) is 0 Å². The minimum Gasteiger partial charge on any atom is -0.352 e. The predicted octanol–water partition coefficient (Wildman–Crippen LogP) is 3.80. The van der Waals surface area contributed by atoms with Crippen LogP contribution < -0.4 is 4.90 Å². The van der Waals surface area contributed by atoms with Crippen LogP contribution >= 0.6 is 0 Å². The lowest BCUT2D eigenvalue weighted by Crippen LogP contribution is -2.42. The Morgan fingerprint density at radius 2 is 2.00 bits per heavy atom. The van der Waals surface area contributed by atoms with Gasteiger partial charge >= 0.3 is 0 Å². The van der Waals surface area contributed by atoms with Crippen molar-refractivity contribution in [1.82, 2.24) is 4.98 Å². The third-order valence-electron chi connectivity index (χ3n) is 2.72. The van der Waals surface area contributed by atoms with Gasteiger partial charge in [-0.25, -0.2) is 4.98 Å². The van der Waals surface area contributed by atoms with Gasteiger partial charge in [0.2, 0.25) is 0 Å². The Balaban J connectivity index is 2.92. The smallest absolute Gasteiger partial charge is 0.129 e. The highest BCUT2D eigenvalue weighted by molar-refractivity contribution is 5.43. The highest BCUT2D eigenvalue weighted by atomic mass is 15.2. The first kappa shape index (κ1) is 13.0. The van der Waals surface area contributed by atoms with Crippen molar-refractivity contribution in [2.24, 2.45) is 0 Å². The summed E-state index contributed by atoms with van der Waals surface area (Å²) in [5.41, 5.74) is 1.41. The quantitative estimate of drug-likeness (QED) is 0.767. The van der Waals surface area contributed by atoms with Crippen LogP contribution in [0.1, 0.15) is 46.1 Å². The van der Waals surface area contributed by atoms with Crippen LogP contribution in [-0.2, 0) is 0 Å². The van der Waals surface area contributed by atoms with Crippen molar-refractivity contribution in [3.8, 4) is 0 Å². The van der Waals surface area contributed by atoms with E-state index in [1.807, 2.05) is 12.3 Å². The molecule has 0 aromatic carbocycles. The molecular weight excluding hydrogens is 196 g/mol. The molecule has 0 atom stereocenters. The summed E-state index contributed by atoms with van der Waals surface area (Å²) >= 11 is 0. The topological polar surface area (TPSA) is 16.1 Å². The lowest BCUT2D eigenvalue weighted by Gasteiger charge is -2.37. The molecule has 1 aromatic rings. The van der Waals surface area contributed by atoms with E-state index >= 15 is 0 Å². The molecule has 0 radical (unpaired) electrons. The van der Waals surface area contributed by atoms with Crippen molar-refractivity contribution >= 4 is 5.82 Å². The molecular formula is C14H24N2. The standard InChI is InChI=1S/C14H24N2/c1-6-7-10-16(14(3,4)5)13-11-12(2)8-9-15-13/h8-9,11H,6-7,10H2,1-5H3. The number of anilines is 1. The van der Waals surface area contributed by atoms with Crippen molar-refractivity contribution in [2.75, 3.05) is 11.4 Å². The van der Waals surface area contributed by atoms with Crippen LogP contribution in [0.4, 0.5) is 5.82 Å². The lowest BCUT2D eigenvalue weighted by molar-refractivity contribution is 0.490. The Morgan fingerprint density at radius 3 is 2.50 bits per heavy atom. The molecule has 0 aliphatic rings. The summed E-state index contributed by atoms with van der Waals surface area (Å²) in [6, 6.07) is 4.21. The molecule has 0 saturated heterocycles. The predicted molar refractivity (Wildman–Crippen MR) is 71.0 cm³/mol. The average molecular weight is 220 g/mol. The van der Waals surface area contributed by atoms with Crippen LogP contribution in [-0.4, -0.2) is 17.1 Å². The first-order valence-corrected chi connectivity index (χ1v) is 6.15. The molecule has 0 aliphatic heterocycles. The van der Waals surface area contributed by atoms with Crippen LogP contribution in [0, 0.1) is 6.92 Å². The summed E-state index contributed by atoms with van der Waals surface area (Å²) in [6.07, 6.45) is 4.33. The second kappa shape index (κ2) is 5.33. The zero-order chi connectivity index (χ0) is 12.2. The van der Waals surface area contributed by atoms with E-state index in [0.29, 0.717) is 0 Å². The van der Waals surface area contributed by atoms with E-state index < -0.39 is 0 Å². The van der Waals surface area contributed by atoms with Gasteiger partial charge in [0.25, 0.3) is 0 Å². The van der Waals surface area contributed by atoms with Gasteiger partial charge in [-0.05, 0) is 51.8 Å². The molecule has 0 saturated carbocycles. The summed E-state index contributed by atoms with van der Waals surface area (Å²) in [4.78, 5) is 6.88. The Hall–Kier alpha value is -1.05. The van der Waals surface area contributed by atoms with Crippen molar-refractivity contribution in [1.29, 1.82) is 0 Å². The lowest BCUT2D eigenvalue weighted by atomic mass is 10.0. The minimum atomic E-state index is 0.135. The molecule has 0 spiro atoms. The van der Waals surface area contributed by atoms with Crippen molar-refractivity contribution < 1.29 is 0 Å². The average Bonchev–Trinajstić information content (AvgIpc) is 2.16. The molecule has 1 heterocycles. The summed E-state index contributed by atoms with van der Waals surface area (Å²) in [6.45, 7) is 12.2. The number of aryl methyl sites for hydroxylation is 1. The highest BCUT2D eigenvalue weighted by Gasteiger charge is 2.21. The number of pyridine rings is 1. The van der Waals surface area contributed by atoms with Gasteiger partial charge in [0.15, 0.2) is 0 Å². The van der Waals surface area contributed by atoms with E-state index in [2.05, 4.69) is 50.6 Å². The molecule has 0 bridgehead atoms. The van der Waals surface area contributed by atoms with Crippen LogP contribution in [0.15, 0.2) is 18.3 Å². The summed E-state index contributed by atoms with van der Waals surface area (Å²) in [5, 5.41) is 0. The van der Waals surface area contributed by atoms with Crippen LogP contribution in [0.2, 0.25) is 0 Å². The Bertz CT molecular complexity index is 326. The van der Waals surface area contributed by atoms with Crippen molar-refractivity contribution in [3.05, 3.63) is 23.9 Å². The summed E-state index contributed by atoms with van der Waals surface area (Å²) in [5.74, 6) is 1.10. The molecule has 0 aliphatic carbocycles.